The Kier molecular flexibility index (Phi) is 4.14. The molecule has 0 unspecified atom stereocenters. The van der Waals surface area contributed by atoms with E-state index in [2.05, 4.69) is 24.3 Å². The summed E-state index contributed by atoms with van der Waals surface area (Å²) in [6.45, 7) is 8.19. The van der Waals surface area contributed by atoms with Crippen molar-refractivity contribution in [2.24, 2.45) is 0 Å². The van der Waals surface area contributed by atoms with Crippen molar-refractivity contribution in [3.8, 4) is 0 Å². The molecule has 0 spiro atoms. The molecule has 0 aromatic heterocycles. The largest absolute Gasteiger partial charge is 0.432 e. The van der Waals surface area contributed by atoms with Gasteiger partial charge in [0.25, 0.3) is 0 Å². The zero-order valence-corrected chi connectivity index (χ0v) is 16.5. The second-order valence-electron chi connectivity index (χ2n) is 6.86. The first-order valence-corrected chi connectivity index (χ1v) is 10.5. The summed E-state index contributed by atoms with van der Waals surface area (Å²) in [6, 6.07) is 16.3. The average molecular weight is 373 g/mol. The van der Waals surface area contributed by atoms with E-state index >= 15 is 0 Å². The van der Waals surface area contributed by atoms with Crippen LogP contribution in [0.2, 0.25) is 0 Å². The third-order valence-corrected chi connectivity index (χ3v) is 7.49. The van der Waals surface area contributed by atoms with Crippen molar-refractivity contribution in [3.63, 3.8) is 0 Å². The molecule has 1 aliphatic carbocycles. The molecule has 0 amide bonds. The Labute approximate surface area is 154 Å². The topological polar surface area (TPSA) is 48.0 Å². The molecule has 0 fully saturated rings. The maximum Gasteiger partial charge on any atom is 0.432 e. The van der Waals surface area contributed by atoms with E-state index in [0.29, 0.717) is 0 Å². The van der Waals surface area contributed by atoms with Crippen molar-refractivity contribution >= 4 is 7.75 Å². The lowest BCUT2D eigenvalue weighted by Crippen LogP contribution is -2.58. The van der Waals surface area contributed by atoms with E-state index in [-0.39, 0.29) is 13.2 Å². The molecular weight excluding hydrogens is 349 g/mol. The first-order valence-electron chi connectivity index (χ1n) is 9.00. The Morgan fingerprint density at radius 2 is 1.31 bits per heavy atom. The number of hydrogen-bond donors (Lipinski definition) is 0. The van der Waals surface area contributed by atoms with Gasteiger partial charge in [-0.05, 0) is 49.9 Å². The molecule has 2 aromatic carbocycles. The first-order chi connectivity index (χ1) is 12.4. The summed E-state index contributed by atoms with van der Waals surface area (Å²) in [5.74, 6) is 0. The van der Waals surface area contributed by atoms with Gasteiger partial charge in [-0.15, -0.1) is 0 Å². The number of rotatable bonds is 5. The summed E-state index contributed by atoms with van der Waals surface area (Å²) >= 11 is 0. The van der Waals surface area contributed by atoms with E-state index in [1.807, 2.05) is 38.1 Å². The van der Waals surface area contributed by atoms with Gasteiger partial charge in [0.2, 0.25) is 0 Å². The number of hydrogen-bond acceptors (Lipinski definition) is 4. The molecule has 2 heterocycles. The Bertz CT molecular complexity index is 839. The van der Waals surface area contributed by atoms with Crippen molar-refractivity contribution in [2.45, 2.75) is 38.8 Å². The Morgan fingerprint density at radius 1 is 0.885 bits per heavy atom. The summed E-state index contributed by atoms with van der Waals surface area (Å²) in [7, 11) is -3.65. The minimum Gasteiger partial charge on any atom is -0.296 e. The second-order valence-corrected chi connectivity index (χ2v) is 8.68. The van der Waals surface area contributed by atoms with Gasteiger partial charge < -0.3 is 0 Å². The lowest BCUT2D eigenvalue weighted by molar-refractivity contribution is -0.254. The van der Waals surface area contributed by atoms with E-state index in [0.717, 1.165) is 22.3 Å². The molecule has 26 heavy (non-hydrogen) atoms. The van der Waals surface area contributed by atoms with E-state index in [1.165, 1.54) is 4.83 Å². The maximum atomic E-state index is 13.7. The van der Waals surface area contributed by atoms with Crippen LogP contribution in [0.5, 0.6) is 0 Å². The Balaban J connectivity index is 2.02. The molecule has 6 heteroatoms. The molecule has 0 radical (unpaired) electrons. The molecule has 5 nitrogen and oxygen atoms in total. The zero-order chi connectivity index (χ0) is 18.6. The summed E-state index contributed by atoms with van der Waals surface area (Å²) < 4.78 is 25.0. The van der Waals surface area contributed by atoms with E-state index in [1.54, 1.807) is 13.8 Å². The number of fused-ring (bicyclic) bond motifs is 1. The number of hydroxylamine groups is 1. The molecule has 2 aliphatic heterocycles. The monoisotopic (exact) mass is 373 g/mol. The van der Waals surface area contributed by atoms with Crippen molar-refractivity contribution in [3.05, 3.63) is 70.8 Å². The van der Waals surface area contributed by atoms with Crippen LogP contribution in [0, 0.1) is 0 Å². The first kappa shape index (κ1) is 17.9. The molecule has 0 saturated carbocycles. The summed E-state index contributed by atoms with van der Waals surface area (Å²) in [5, 5.41) is 0. The van der Waals surface area contributed by atoms with Crippen molar-refractivity contribution in [1.82, 2.24) is 4.83 Å². The average Bonchev–Trinajstić information content (AvgIpc) is 2.65. The van der Waals surface area contributed by atoms with Gasteiger partial charge in [-0.25, -0.2) is 4.57 Å². The van der Waals surface area contributed by atoms with E-state index < -0.39 is 18.9 Å². The van der Waals surface area contributed by atoms with Gasteiger partial charge >= 0.3 is 7.75 Å². The molecule has 0 atom stereocenters. The highest BCUT2D eigenvalue weighted by Gasteiger charge is 2.62. The third kappa shape index (κ3) is 2.16. The minimum absolute atomic E-state index is 0.271. The van der Waals surface area contributed by atoms with E-state index in [9.17, 15) is 4.57 Å². The van der Waals surface area contributed by atoms with Crippen LogP contribution in [0.15, 0.2) is 48.5 Å². The summed E-state index contributed by atoms with van der Waals surface area (Å²) in [4.78, 5) is 7.90. The molecule has 3 aliphatic rings. The predicted octanol–water partition coefficient (Wildman–Crippen LogP) is 4.96. The van der Waals surface area contributed by atoms with Crippen LogP contribution in [0.3, 0.4) is 0 Å². The lowest BCUT2D eigenvalue weighted by atomic mass is 9.66. The molecule has 138 valence electrons. The fraction of sp³-hybridized carbons (Fsp3) is 0.400. The third-order valence-electron chi connectivity index (χ3n) is 5.39. The Morgan fingerprint density at radius 3 is 1.73 bits per heavy atom. The second kappa shape index (κ2) is 6.01. The van der Waals surface area contributed by atoms with Crippen LogP contribution in [-0.4, -0.2) is 18.0 Å². The van der Waals surface area contributed by atoms with Gasteiger partial charge in [0.05, 0.1) is 13.2 Å². The quantitative estimate of drug-likeness (QED) is 0.694. The van der Waals surface area contributed by atoms with Crippen LogP contribution < -0.4 is 0 Å². The highest BCUT2D eigenvalue weighted by atomic mass is 31.2. The van der Waals surface area contributed by atoms with Crippen molar-refractivity contribution < 1.29 is 18.5 Å². The zero-order valence-electron chi connectivity index (χ0n) is 15.6. The van der Waals surface area contributed by atoms with Gasteiger partial charge in [-0.2, -0.15) is 0 Å². The molecule has 5 rings (SSSR count). The lowest BCUT2D eigenvalue weighted by Gasteiger charge is -2.57. The maximum absolute atomic E-state index is 13.7. The highest BCUT2D eigenvalue weighted by Crippen LogP contribution is 2.67. The van der Waals surface area contributed by atoms with Gasteiger partial charge in [0.1, 0.15) is 11.1 Å². The van der Waals surface area contributed by atoms with Crippen LogP contribution in [0.4, 0.5) is 0 Å². The SMILES string of the molecule is CCOP(=O)(OCC)N1OC2(C)c3ccccc3C1(C)c1ccccc12. The standard InChI is InChI=1S/C20H24NO4P/c1-5-23-26(22,24-6-2)21-19(3)15-11-7-9-13-17(15)20(4,25-21)18-14-10-8-12-16(18)19/h7-14H,5-6H2,1-4H3. The van der Waals surface area contributed by atoms with Gasteiger partial charge in [0.15, 0.2) is 0 Å². The van der Waals surface area contributed by atoms with Crippen LogP contribution >= 0.6 is 7.75 Å². The molecular formula is C20H24NO4P. The summed E-state index contributed by atoms with van der Waals surface area (Å²) in [5.41, 5.74) is 2.76. The predicted molar refractivity (Wildman–Crippen MR) is 99.6 cm³/mol. The smallest absolute Gasteiger partial charge is 0.296 e. The normalized spacial score (nSPS) is 27.2. The van der Waals surface area contributed by atoms with Crippen LogP contribution in [-0.2, 0) is 29.6 Å². The minimum atomic E-state index is -3.65. The van der Waals surface area contributed by atoms with Crippen LogP contribution in [0.1, 0.15) is 49.9 Å². The fourth-order valence-corrected chi connectivity index (χ4v) is 6.17. The Hall–Kier alpha value is -1.49. The van der Waals surface area contributed by atoms with Gasteiger partial charge in [-0.3, -0.25) is 13.9 Å². The van der Waals surface area contributed by atoms with Crippen molar-refractivity contribution in [2.75, 3.05) is 13.2 Å². The summed E-state index contributed by atoms with van der Waals surface area (Å²) in [6.07, 6.45) is 0. The van der Waals surface area contributed by atoms with Gasteiger partial charge in [-0.1, -0.05) is 53.4 Å². The number of benzene rings is 2. The number of nitrogens with zero attached hydrogens (tertiary/aromatic N) is 1. The molecule has 0 saturated heterocycles. The molecule has 2 bridgehead atoms. The van der Waals surface area contributed by atoms with Crippen LogP contribution in [0.25, 0.3) is 0 Å². The molecule has 0 N–H and O–H groups in total. The fourth-order valence-electron chi connectivity index (χ4n) is 4.27. The van der Waals surface area contributed by atoms with Gasteiger partial charge in [0, 0.05) is 0 Å². The molecule has 2 aromatic rings. The highest BCUT2D eigenvalue weighted by molar-refractivity contribution is 7.51. The van der Waals surface area contributed by atoms with Crippen molar-refractivity contribution in [1.29, 1.82) is 0 Å². The van der Waals surface area contributed by atoms with E-state index in [4.69, 9.17) is 13.9 Å².